The summed E-state index contributed by atoms with van der Waals surface area (Å²) in [6.07, 6.45) is 1.36. The van der Waals surface area contributed by atoms with Crippen molar-refractivity contribution in [3.05, 3.63) is 58.3 Å². The molecule has 0 unspecified atom stereocenters. The molecule has 0 amide bonds. The number of aromatic nitrogens is 2. The highest BCUT2D eigenvalue weighted by molar-refractivity contribution is 7.19. The van der Waals surface area contributed by atoms with Gasteiger partial charge in [-0.2, -0.15) is 5.10 Å². The Kier molecular flexibility index (Phi) is 3.48. The van der Waals surface area contributed by atoms with Crippen molar-refractivity contribution in [3.8, 4) is 16.3 Å². The van der Waals surface area contributed by atoms with E-state index in [0.29, 0.717) is 20.6 Å². The van der Waals surface area contributed by atoms with Gasteiger partial charge in [-0.05, 0) is 30.3 Å². The first-order valence-electron chi connectivity index (χ1n) is 5.89. The number of hydrogen-bond donors (Lipinski definition) is 1. The third kappa shape index (κ3) is 2.68. The minimum absolute atomic E-state index is 0.0396. The first-order valence-corrected chi connectivity index (χ1v) is 7.08. The van der Waals surface area contributed by atoms with Crippen LogP contribution in [0.3, 0.4) is 0 Å². The van der Waals surface area contributed by atoms with E-state index in [1.807, 2.05) is 0 Å². The molecule has 0 aliphatic rings. The van der Waals surface area contributed by atoms with Crippen molar-refractivity contribution in [2.75, 3.05) is 0 Å². The summed E-state index contributed by atoms with van der Waals surface area (Å²) in [6.45, 7) is 0. The summed E-state index contributed by atoms with van der Waals surface area (Å²) in [6, 6.07) is 9.16. The van der Waals surface area contributed by atoms with Crippen molar-refractivity contribution in [1.29, 1.82) is 0 Å². The zero-order valence-corrected chi connectivity index (χ0v) is 12.0. The minimum Gasteiger partial charge on any atom is -0.478 e. The van der Waals surface area contributed by atoms with E-state index in [1.54, 1.807) is 18.2 Å². The highest BCUT2D eigenvalue weighted by Gasteiger charge is 2.19. The second-order valence-electron chi connectivity index (χ2n) is 4.22. The van der Waals surface area contributed by atoms with E-state index in [9.17, 15) is 14.3 Å². The Hall–Kier alpha value is -2.18. The van der Waals surface area contributed by atoms with Gasteiger partial charge in [-0.15, -0.1) is 11.3 Å². The second-order valence-corrected chi connectivity index (χ2v) is 5.94. The molecule has 0 radical (unpaired) electrons. The number of carbonyl (C=O) groups is 1. The van der Waals surface area contributed by atoms with Crippen LogP contribution < -0.4 is 0 Å². The van der Waals surface area contributed by atoms with Crippen molar-refractivity contribution in [3.63, 3.8) is 0 Å². The highest BCUT2D eigenvalue weighted by Crippen LogP contribution is 2.32. The van der Waals surface area contributed by atoms with Gasteiger partial charge in [-0.3, -0.25) is 0 Å². The van der Waals surface area contributed by atoms with E-state index in [-0.39, 0.29) is 5.56 Å². The Bertz CT molecular complexity index is 828. The molecule has 1 N–H and O–H groups in total. The van der Waals surface area contributed by atoms with E-state index in [1.165, 1.54) is 40.4 Å². The van der Waals surface area contributed by atoms with Crippen molar-refractivity contribution < 1.29 is 14.3 Å². The van der Waals surface area contributed by atoms with Gasteiger partial charge in [0.15, 0.2) is 0 Å². The van der Waals surface area contributed by atoms with Gasteiger partial charge in [-0.1, -0.05) is 17.7 Å². The molecule has 0 spiro atoms. The predicted octanol–water partition coefficient (Wildman–Crippen LogP) is 4.09. The molecule has 0 bridgehead atoms. The van der Waals surface area contributed by atoms with E-state index >= 15 is 0 Å². The molecule has 3 aromatic rings. The molecular formula is C14H8ClFN2O2S. The van der Waals surface area contributed by atoms with Crippen molar-refractivity contribution >= 4 is 28.9 Å². The molecule has 0 fully saturated rings. The smallest absolute Gasteiger partial charge is 0.339 e. The maximum atomic E-state index is 13.3. The van der Waals surface area contributed by atoms with Gasteiger partial charge in [0.2, 0.25) is 0 Å². The molecule has 0 saturated carbocycles. The lowest BCUT2D eigenvalue weighted by molar-refractivity contribution is 0.0697. The number of carboxylic acids is 1. The molecule has 3 rings (SSSR count). The van der Waals surface area contributed by atoms with Crippen LogP contribution in [0.1, 0.15) is 10.4 Å². The molecule has 0 saturated heterocycles. The largest absolute Gasteiger partial charge is 0.478 e. The Morgan fingerprint density at radius 3 is 2.76 bits per heavy atom. The molecule has 2 aromatic heterocycles. The van der Waals surface area contributed by atoms with Crippen LogP contribution in [0.2, 0.25) is 4.34 Å². The van der Waals surface area contributed by atoms with Crippen molar-refractivity contribution in [1.82, 2.24) is 9.78 Å². The Balaban J connectivity index is 2.15. The molecule has 0 atom stereocenters. The molecule has 4 nitrogen and oxygen atoms in total. The number of thiophene rings is 1. The van der Waals surface area contributed by atoms with Gasteiger partial charge < -0.3 is 5.11 Å². The van der Waals surface area contributed by atoms with E-state index in [0.717, 1.165) is 0 Å². The highest BCUT2D eigenvalue weighted by atomic mass is 35.5. The summed E-state index contributed by atoms with van der Waals surface area (Å²) >= 11 is 7.11. The number of aromatic carboxylic acids is 1. The SMILES string of the molecule is O=C(O)c1cn(-c2cccc(F)c2)nc1-c1ccc(Cl)s1. The summed E-state index contributed by atoms with van der Waals surface area (Å²) < 4.78 is 15.2. The van der Waals surface area contributed by atoms with Crippen LogP contribution >= 0.6 is 22.9 Å². The minimum atomic E-state index is -1.10. The molecule has 0 aliphatic carbocycles. The fourth-order valence-electron chi connectivity index (χ4n) is 1.90. The lowest BCUT2D eigenvalue weighted by Crippen LogP contribution is -1.96. The van der Waals surface area contributed by atoms with Crippen LogP contribution in [-0.2, 0) is 0 Å². The number of benzene rings is 1. The lowest BCUT2D eigenvalue weighted by Gasteiger charge is -2.00. The molecule has 2 heterocycles. The standard InChI is InChI=1S/C14H8ClFN2O2S/c15-12-5-4-11(21-12)13-10(14(19)20)7-18(17-13)9-3-1-2-8(16)6-9/h1-7H,(H,19,20). The van der Waals surface area contributed by atoms with Crippen LogP contribution in [0, 0.1) is 5.82 Å². The first kappa shape index (κ1) is 13.8. The third-order valence-corrected chi connectivity index (χ3v) is 4.06. The molecule has 7 heteroatoms. The van der Waals surface area contributed by atoms with Crippen LogP contribution in [0.25, 0.3) is 16.3 Å². The van der Waals surface area contributed by atoms with Gasteiger partial charge >= 0.3 is 5.97 Å². The Morgan fingerprint density at radius 2 is 2.14 bits per heavy atom. The third-order valence-electron chi connectivity index (χ3n) is 2.82. The van der Waals surface area contributed by atoms with E-state index in [2.05, 4.69) is 5.10 Å². The van der Waals surface area contributed by atoms with Gasteiger partial charge in [-0.25, -0.2) is 13.9 Å². The summed E-state index contributed by atoms with van der Waals surface area (Å²) in [5.74, 6) is -1.52. The fraction of sp³-hybridized carbons (Fsp3) is 0. The number of carboxylic acid groups (broad SMARTS) is 1. The average Bonchev–Trinajstić information content (AvgIpc) is 3.04. The zero-order chi connectivity index (χ0) is 15.0. The second kappa shape index (κ2) is 5.31. The normalized spacial score (nSPS) is 10.8. The fourth-order valence-corrected chi connectivity index (χ4v) is 2.95. The van der Waals surface area contributed by atoms with Gasteiger partial charge in [0.05, 0.1) is 14.9 Å². The average molecular weight is 323 g/mol. The number of rotatable bonds is 3. The van der Waals surface area contributed by atoms with E-state index in [4.69, 9.17) is 11.6 Å². The Labute approximate surface area is 128 Å². The number of halogens is 2. The first-order chi connectivity index (χ1) is 10.0. The summed E-state index contributed by atoms with van der Waals surface area (Å²) in [4.78, 5) is 12.0. The quantitative estimate of drug-likeness (QED) is 0.790. The Morgan fingerprint density at radius 1 is 1.33 bits per heavy atom. The van der Waals surface area contributed by atoms with E-state index < -0.39 is 11.8 Å². The van der Waals surface area contributed by atoms with Crippen LogP contribution in [0.5, 0.6) is 0 Å². The van der Waals surface area contributed by atoms with Crippen molar-refractivity contribution in [2.45, 2.75) is 0 Å². The molecule has 21 heavy (non-hydrogen) atoms. The molecule has 1 aromatic carbocycles. The summed E-state index contributed by atoms with van der Waals surface area (Å²) in [5, 5.41) is 13.5. The molecule has 106 valence electrons. The van der Waals surface area contributed by atoms with Crippen molar-refractivity contribution in [2.24, 2.45) is 0 Å². The molecular weight excluding hydrogens is 315 g/mol. The predicted molar refractivity (Wildman–Crippen MR) is 78.8 cm³/mol. The topological polar surface area (TPSA) is 55.1 Å². The van der Waals surface area contributed by atoms with Gasteiger partial charge in [0, 0.05) is 6.20 Å². The van der Waals surface area contributed by atoms with Crippen LogP contribution in [-0.4, -0.2) is 20.9 Å². The summed E-state index contributed by atoms with van der Waals surface area (Å²) in [7, 11) is 0. The number of hydrogen-bond acceptors (Lipinski definition) is 3. The zero-order valence-electron chi connectivity index (χ0n) is 10.5. The summed E-state index contributed by atoms with van der Waals surface area (Å²) in [5.41, 5.74) is 0.799. The van der Waals surface area contributed by atoms with Gasteiger partial charge in [0.1, 0.15) is 17.1 Å². The monoisotopic (exact) mass is 322 g/mol. The van der Waals surface area contributed by atoms with Gasteiger partial charge in [0.25, 0.3) is 0 Å². The lowest BCUT2D eigenvalue weighted by atomic mass is 10.2. The van der Waals surface area contributed by atoms with Crippen LogP contribution in [0.4, 0.5) is 4.39 Å². The van der Waals surface area contributed by atoms with Crippen LogP contribution in [0.15, 0.2) is 42.6 Å². The number of nitrogens with zero attached hydrogens (tertiary/aromatic N) is 2. The molecule has 0 aliphatic heterocycles. The maximum Gasteiger partial charge on any atom is 0.339 e. The maximum absolute atomic E-state index is 13.3.